The molecule has 0 bridgehead atoms. The molecular weight excluding hydrogens is 428 g/mol. The third-order valence-corrected chi connectivity index (χ3v) is 5.52. The second-order valence-corrected chi connectivity index (χ2v) is 7.82. The van der Waals surface area contributed by atoms with Crippen molar-refractivity contribution in [1.82, 2.24) is 0 Å². The second-order valence-electron chi connectivity index (χ2n) is 7.82. The molecule has 168 valence electrons. The van der Waals surface area contributed by atoms with Gasteiger partial charge in [-0.3, -0.25) is 9.59 Å². The number of carbonyl (C=O) groups is 2. The van der Waals surface area contributed by atoms with E-state index in [2.05, 4.69) is 0 Å². The van der Waals surface area contributed by atoms with Crippen LogP contribution in [0.25, 0.3) is 6.08 Å². The maximum atomic E-state index is 11.2. The molecule has 5 rings (SSSR count). The van der Waals surface area contributed by atoms with Crippen molar-refractivity contribution in [3.63, 3.8) is 0 Å². The largest absolute Gasteiger partial charge is 0.508 e. The Bertz CT molecular complexity index is 1230. The van der Waals surface area contributed by atoms with Gasteiger partial charge in [-0.2, -0.15) is 0 Å². The first kappa shape index (κ1) is 22.6. The summed E-state index contributed by atoms with van der Waals surface area (Å²) in [5, 5.41) is 28.5. The van der Waals surface area contributed by atoms with Crippen LogP contribution in [0, 0.1) is 0 Å². The molecule has 0 radical (unpaired) electrons. The molecule has 4 aromatic rings. The first-order valence-electron chi connectivity index (χ1n) is 10.6. The van der Waals surface area contributed by atoms with Gasteiger partial charge in [0, 0.05) is 11.5 Å². The first-order chi connectivity index (χ1) is 16.4. The molecule has 0 aliphatic heterocycles. The zero-order valence-corrected chi connectivity index (χ0v) is 18.1. The number of Topliss-reactive ketones (excluding diaryl/α,β-unsaturated/α-hetero) is 1. The molecule has 0 spiro atoms. The van der Waals surface area contributed by atoms with Crippen molar-refractivity contribution >= 4 is 17.6 Å². The maximum Gasteiger partial charge on any atom is 0.233 e. The highest BCUT2D eigenvalue weighted by atomic mass is 16.3. The van der Waals surface area contributed by atoms with Crippen molar-refractivity contribution in [2.45, 2.75) is 5.92 Å². The zero-order chi connectivity index (χ0) is 24.1. The number of hydrogen-bond donors (Lipinski definition) is 3. The van der Waals surface area contributed by atoms with Gasteiger partial charge in [0.15, 0.2) is 0 Å². The van der Waals surface area contributed by atoms with Crippen LogP contribution in [0.1, 0.15) is 38.5 Å². The highest BCUT2D eigenvalue weighted by Crippen LogP contribution is 2.34. The van der Waals surface area contributed by atoms with E-state index in [9.17, 15) is 24.9 Å². The van der Waals surface area contributed by atoms with Gasteiger partial charge in [-0.1, -0.05) is 66.7 Å². The van der Waals surface area contributed by atoms with Crippen LogP contribution in [-0.4, -0.2) is 26.9 Å². The summed E-state index contributed by atoms with van der Waals surface area (Å²) in [7, 11) is 0. The maximum absolute atomic E-state index is 11.2. The summed E-state index contributed by atoms with van der Waals surface area (Å²) in [6.07, 6.45) is 2.98. The lowest BCUT2D eigenvalue weighted by Gasteiger charge is -2.19. The van der Waals surface area contributed by atoms with Gasteiger partial charge in [-0.15, -0.1) is 0 Å². The lowest BCUT2D eigenvalue weighted by molar-refractivity contribution is -0.110. The van der Waals surface area contributed by atoms with Crippen LogP contribution in [0.4, 0.5) is 0 Å². The minimum Gasteiger partial charge on any atom is -0.508 e. The van der Waals surface area contributed by atoms with Crippen LogP contribution in [0.2, 0.25) is 0 Å². The SMILES string of the molecule is O=C1C=Cc2ccccc2C1=O.Oc1ccc(C(c2ccc(O)cc2)c2ccc(O)cc2)cc1. The number of phenolic OH excluding ortho intramolecular Hbond substituents is 3. The smallest absolute Gasteiger partial charge is 0.233 e. The average molecular weight is 450 g/mol. The van der Waals surface area contributed by atoms with Crippen molar-refractivity contribution in [3.05, 3.63) is 131 Å². The quantitative estimate of drug-likeness (QED) is 0.285. The fourth-order valence-electron chi connectivity index (χ4n) is 3.80. The van der Waals surface area contributed by atoms with Crippen LogP contribution >= 0.6 is 0 Å². The van der Waals surface area contributed by atoms with E-state index in [0.29, 0.717) is 5.56 Å². The van der Waals surface area contributed by atoms with Gasteiger partial charge in [0.1, 0.15) is 17.2 Å². The molecule has 0 saturated heterocycles. The van der Waals surface area contributed by atoms with Crippen molar-refractivity contribution in [3.8, 4) is 17.2 Å². The van der Waals surface area contributed by atoms with Crippen molar-refractivity contribution in [2.75, 3.05) is 0 Å². The van der Waals surface area contributed by atoms with Crippen molar-refractivity contribution in [2.24, 2.45) is 0 Å². The van der Waals surface area contributed by atoms with Gasteiger partial charge < -0.3 is 15.3 Å². The molecule has 0 unspecified atom stereocenters. The van der Waals surface area contributed by atoms with Gasteiger partial charge in [-0.25, -0.2) is 0 Å². The summed E-state index contributed by atoms with van der Waals surface area (Å²) >= 11 is 0. The third kappa shape index (κ3) is 5.05. The van der Waals surface area contributed by atoms with Crippen molar-refractivity contribution < 1.29 is 24.9 Å². The Balaban J connectivity index is 0.000000192. The topological polar surface area (TPSA) is 94.8 Å². The zero-order valence-electron chi connectivity index (χ0n) is 18.1. The standard InChI is InChI=1S/C19H16O3.C10H6O2/c20-16-7-1-13(2-8-16)19(14-3-9-17(21)10-4-14)15-5-11-18(22)12-6-15;11-9-6-5-7-3-1-2-4-8(7)10(9)12/h1-12,19-22H;1-6H. The van der Waals surface area contributed by atoms with Crippen LogP contribution in [0.15, 0.2) is 103 Å². The number of hydrogen-bond acceptors (Lipinski definition) is 5. The summed E-state index contributed by atoms with van der Waals surface area (Å²) in [6.45, 7) is 0. The van der Waals surface area contributed by atoms with Crippen LogP contribution < -0.4 is 0 Å². The van der Waals surface area contributed by atoms with Gasteiger partial charge >= 0.3 is 0 Å². The Morgan fingerprint density at radius 3 is 1.35 bits per heavy atom. The summed E-state index contributed by atoms with van der Waals surface area (Å²) < 4.78 is 0. The molecule has 5 heteroatoms. The van der Waals surface area contributed by atoms with Crippen molar-refractivity contribution in [1.29, 1.82) is 0 Å². The van der Waals surface area contributed by atoms with E-state index in [1.165, 1.54) is 6.08 Å². The van der Waals surface area contributed by atoms with E-state index in [-0.39, 0.29) is 23.2 Å². The number of benzene rings is 4. The number of rotatable bonds is 3. The third-order valence-electron chi connectivity index (χ3n) is 5.52. The Morgan fingerprint density at radius 2 is 0.912 bits per heavy atom. The van der Waals surface area contributed by atoms with Gasteiger partial charge in [0.05, 0.1) is 0 Å². The molecule has 0 amide bonds. The monoisotopic (exact) mass is 450 g/mol. The first-order valence-corrected chi connectivity index (χ1v) is 10.6. The summed E-state index contributed by atoms with van der Waals surface area (Å²) in [5.74, 6) is -0.222. The van der Waals surface area contributed by atoms with E-state index in [1.807, 2.05) is 48.5 Å². The lowest BCUT2D eigenvalue weighted by Crippen LogP contribution is -2.15. The molecule has 34 heavy (non-hydrogen) atoms. The Kier molecular flexibility index (Phi) is 6.55. The molecule has 0 saturated carbocycles. The number of fused-ring (bicyclic) bond motifs is 1. The molecule has 0 aromatic heterocycles. The van der Waals surface area contributed by atoms with E-state index in [1.54, 1.807) is 54.6 Å². The number of carbonyl (C=O) groups excluding carboxylic acids is 2. The molecule has 1 aliphatic carbocycles. The Morgan fingerprint density at radius 1 is 0.500 bits per heavy atom. The summed E-state index contributed by atoms with van der Waals surface area (Å²) in [5.41, 5.74) is 4.39. The molecule has 5 nitrogen and oxygen atoms in total. The Hall–Kier alpha value is -4.64. The molecule has 0 fully saturated rings. The minimum atomic E-state index is -0.436. The van der Waals surface area contributed by atoms with Gasteiger partial charge in [-0.05, 0) is 64.7 Å². The lowest BCUT2D eigenvalue weighted by atomic mass is 9.85. The molecule has 0 atom stereocenters. The van der Waals surface area contributed by atoms with Gasteiger partial charge in [0.2, 0.25) is 11.6 Å². The number of aromatic hydroxyl groups is 3. The van der Waals surface area contributed by atoms with E-state index < -0.39 is 11.6 Å². The Labute approximate surface area is 196 Å². The minimum absolute atomic E-state index is 0.0400. The fourth-order valence-corrected chi connectivity index (χ4v) is 3.80. The van der Waals surface area contributed by atoms with Gasteiger partial charge in [0.25, 0.3) is 0 Å². The van der Waals surface area contributed by atoms with Crippen LogP contribution in [-0.2, 0) is 4.79 Å². The molecule has 0 heterocycles. The van der Waals surface area contributed by atoms with E-state index >= 15 is 0 Å². The van der Waals surface area contributed by atoms with E-state index in [0.717, 1.165) is 22.3 Å². The molecule has 1 aliphatic rings. The summed E-state index contributed by atoms with van der Waals surface area (Å²) in [6, 6.07) is 28.3. The average Bonchev–Trinajstić information content (AvgIpc) is 2.86. The molecule has 3 N–H and O–H groups in total. The second kappa shape index (κ2) is 9.88. The highest BCUT2D eigenvalue weighted by Gasteiger charge is 2.19. The predicted molar refractivity (Wildman–Crippen MR) is 130 cm³/mol. The highest BCUT2D eigenvalue weighted by molar-refractivity contribution is 6.49. The van der Waals surface area contributed by atoms with Crippen LogP contribution in [0.5, 0.6) is 17.2 Å². The van der Waals surface area contributed by atoms with Crippen LogP contribution in [0.3, 0.4) is 0 Å². The number of phenols is 3. The van der Waals surface area contributed by atoms with E-state index in [4.69, 9.17) is 0 Å². The molecular formula is C29H22O5. The summed E-state index contributed by atoms with van der Waals surface area (Å²) in [4.78, 5) is 22.1. The molecule has 4 aromatic carbocycles. The predicted octanol–water partition coefficient (Wildman–Crippen LogP) is 5.45. The normalized spacial score (nSPS) is 12.1. The fraction of sp³-hybridized carbons (Fsp3) is 0.0345. The number of allylic oxidation sites excluding steroid dienone is 1. The number of ketones is 2.